The van der Waals surface area contributed by atoms with Crippen molar-refractivity contribution in [3.8, 4) is 29.1 Å². The van der Waals surface area contributed by atoms with Gasteiger partial charge in [0.2, 0.25) is 0 Å². The number of carbonyl (C=O) groups excluding carboxylic acids is 1. The molecule has 200 valence electrons. The van der Waals surface area contributed by atoms with Gasteiger partial charge in [-0.25, -0.2) is 0 Å². The van der Waals surface area contributed by atoms with Gasteiger partial charge in [-0.05, 0) is 66.4 Å². The van der Waals surface area contributed by atoms with E-state index < -0.39 is 0 Å². The highest BCUT2D eigenvalue weighted by Gasteiger charge is 2.16. The number of hydrogen-bond donors (Lipinski definition) is 2. The molecular formula is C31H32N4O4. The summed E-state index contributed by atoms with van der Waals surface area (Å²) in [6.45, 7) is 8.76. The smallest absolute Gasteiger partial charge is 0.251 e. The molecule has 0 aliphatic heterocycles. The van der Waals surface area contributed by atoms with Crippen molar-refractivity contribution in [2.75, 3.05) is 26.1 Å². The topological polar surface area (TPSA) is 106 Å². The maximum absolute atomic E-state index is 12.4. The maximum atomic E-state index is 12.4. The standard InChI is InChI=1S/C31H32N4O4/c1-19-13-22(35-29-21(16-32)17-33-25-15-28(38-6)27(37-5)14-24(25)29)9-12-26(19)39-23-10-7-20(8-11-23)30(36)34-18-31(2,3)4/h7-15,17H,18H2,1-6H3,(H,33,35)(H,34,36). The Bertz CT molecular complexity index is 1550. The molecule has 2 N–H and O–H groups in total. The van der Waals surface area contributed by atoms with E-state index in [1.165, 1.54) is 6.20 Å². The van der Waals surface area contributed by atoms with E-state index >= 15 is 0 Å². The largest absolute Gasteiger partial charge is 0.493 e. The van der Waals surface area contributed by atoms with Crippen molar-refractivity contribution in [1.29, 1.82) is 5.26 Å². The van der Waals surface area contributed by atoms with Crippen LogP contribution >= 0.6 is 0 Å². The number of aryl methyl sites for hydroxylation is 1. The van der Waals surface area contributed by atoms with E-state index in [1.807, 2.05) is 31.2 Å². The molecule has 8 nitrogen and oxygen atoms in total. The SMILES string of the molecule is COc1cc2ncc(C#N)c(Nc3ccc(Oc4ccc(C(=O)NCC(C)(C)C)cc4)c(C)c3)c2cc1OC. The lowest BCUT2D eigenvalue weighted by Gasteiger charge is -2.18. The lowest BCUT2D eigenvalue weighted by molar-refractivity contribution is 0.0939. The monoisotopic (exact) mass is 524 g/mol. The summed E-state index contributed by atoms with van der Waals surface area (Å²) in [5.41, 5.74) is 3.96. The molecule has 1 amide bonds. The van der Waals surface area contributed by atoms with Crippen LogP contribution in [0.1, 0.15) is 42.3 Å². The zero-order valence-corrected chi connectivity index (χ0v) is 23.0. The summed E-state index contributed by atoms with van der Waals surface area (Å²) in [4.78, 5) is 16.8. The molecule has 0 saturated carbocycles. The van der Waals surface area contributed by atoms with Crippen LogP contribution in [0.4, 0.5) is 11.4 Å². The number of carbonyl (C=O) groups is 1. The molecule has 0 atom stereocenters. The third-order valence-corrected chi connectivity index (χ3v) is 6.06. The summed E-state index contributed by atoms with van der Waals surface area (Å²) in [6, 6.07) is 18.5. The average molecular weight is 525 g/mol. The molecule has 0 unspecified atom stereocenters. The summed E-state index contributed by atoms with van der Waals surface area (Å²) in [5, 5.41) is 16.8. The number of rotatable bonds is 8. The fourth-order valence-electron chi connectivity index (χ4n) is 3.97. The Morgan fingerprint density at radius 3 is 2.28 bits per heavy atom. The lowest BCUT2D eigenvalue weighted by Crippen LogP contribution is -2.32. The summed E-state index contributed by atoms with van der Waals surface area (Å²) < 4.78 is 16.9. The summed E-state index contributed by atoms with van der Waals surface area (Å²) in [7, 11) is 3.13. The quantitative estimate of drug-likeness (QED) is 0.263. The van der Waals surface area contributed by atoms with Gasteiger partial charge in [0, 0.05) is 35.4 Å². The van der Waals surface area contributed by atoms with Gasteiger partial charge in [-0.2, -0.15) is 5.26 Å². The number of pyridine rings is 1. The van der Waals surface area contributed by atoms with Gasteiger partial charge < -0.3 is 24.8 Å². The number of methoxy groups -OCH3 is 2. The molecule has 0 saturated heterocycles. The molecule has 1 heterocycles. The molecule has 1 aromatic heterocycles. The van der Waals surface area contributed by atoms with Crippen LogP contribution in [0.15, 0.2) is 60.8 Å². The fourth-order valence-corrected chi connectivity index (χ4v) is 3.97. The number of ether oxygens (including phenoxy) is 3. The van der Waals surface area contributed by atoms with Gasteiger partial charge in [-0.15, -0.1) is 0 Å². The average Bonchev–Trinajstić information content (AvgIpc) is 2.92. The number of amides is 1. The third kappa shape index (κ3) is 6.39. The molecule has 4 aromatic rings. The minimum atomic E-state index is -0.112. The van der Waals surface area contributed by atoms with Crippen molar-refractivity contribution in [3.05, 3.63) is 77.5 Å². The number of aromatic nitrogens is 1. The van der Waals surface area contributed by atoms with E-state index in [1.54, 1.807) is 44.6 Å². The predicted octanol–water partition coefficient (Wildman–Crippen LogP) is 6.74. The molecule has 0 fully saturated rings. The summed E-state index contributed by atoms with van der Waals surface area (Å²) in [6.07, 6.45) is 1.54. The molecule has 8 heteroatoms. The van der Waals surface area contributed by atoms with Gasteiger partial charge in [0.25, 0.3) is 5.91 Å². The van der Waals surface area contributed by atoms with Crippen LogP contribution in [-0.4, -0.2) is 31.7 Å². The molecule has 0 radical (unpaired) electrons. The van der Waals surface area contributed by atoms with E-state index in [0.717, 1.165) is 16.6 Å². The van der Waals surface area contributed by atoms with Gasteiger partial charge in [0.15, 0.2) is 11.5 Å². The molecule has 0 bridgehead atoms. The van der Waals surface area contributed by atoms with Gasteiger partial charge in [0.05, 0.1) is 31.0 Å². The Morgan fingerprint density at radius 1 is 0.974 bits per heavy atom. The van der Waals surface area contributed by atoms with Crippen LogP contribution in [0.3, 0.4) is 0 Å². The molecule has 4 rings (SSSR count). The number of nitriles is 1. The predicted molar refractivity (Wildman–Crippen MR) is 152 cm³/mol. The lowest BCUT2D eigenvalue weighted by atomic mass is 9.97. The van der Waals surface area contributed by atoms with Crippen LogP contribution in [0.5, 0.6) is 23.0 Å². The van der Waals surface area contributed by atoms with Crippen molar-refractivity contribution in [3.63, 3.8) is 0 Å². The normalized spacial score (nSPS) is 11.0. The first kappa shape index (κ1) is 27.3. The van der Waals surface area contributed by atoms with Crippen molar-refractivity contribution < 1.29 is 19.0 Å². The number of hydrogen-bond acceptors (Lipinski definition) is 7. The molecule has 0 aliphatic carbocycles. The van der Waals surface area contributed by atoms with E-state index in [2.05, 4.69) is 42.5 Å². The highest BCUT2D eigenvalue weighted by atomic mass is 16.5. The molecule has 39 heavy (non-hydrogen) atoms. The van der Waals surface area contributed by atoms with Crippen molar-refractivity contribution in [2.24, 2.45) is 5.41 Å². The Balaban J connectivity index is 1.54. The first-order valence-electron chi connectivity index (χ1n) is 12.5. The van der Waals surface area contributed by atoms with Crippen LogP contribution in [-0.2, 0) is 0 Å². The Morgan fingerprint density at radius 2 is 1.67 bits per heavy atom. The van der Waals surface area contributed by atoms with Gasteiger partial charge in [0.1, 0.15) is 17.6 Å². The Kier molecular flexibility index (Phi) is 7.91. The second-order valence-corrected chi connectivity index (χ2v) is 10.4. The number of benzene rings is 3. The first-order valence-corrected chi connectivity index (χ1v) is 12.5. The molecule has 0 spiro atoms. The zero-order chi connectivity index (χ0) is 28.2. The van der Waals surface area contributed by atoms with Crippen LogP contribution in [0.25, 0.3) is 10.9 Å². The zero-order valence-electron chi connectivity index (χ0n) is 23.0. The second kappa shape index (κ2) is 11.3. The van der Waals surface area contributed by atoms with Crippen LogP contribution in [0.2, 0.25) is 0 Å². The molecule has 0 aliphatic rings. The highest BCUT2D eigenvalue weighted by molar-refractivity contribution is 5.97. The van der Waals surface area contributed by atoms with Gasteiger partial charge in [-0.1, -0.05) is 20.8 Å². The van der Waals surface area contributed by atoms with Crippen molar-refractivity contribution in [1.82, 2.24) is 10.3 Å². The van der Waals surface area contributed by atoms with E-state index in [0.29, 0.717) is 51.9 Å². The molecular weight excluding hydrogens is 492 g/mol. The Hall–Kier alpha value is -4.77. The second-order valence-electron chi connectivity index (χ2n) is 10.4. The fraction of sp³-hybridized carbons (Fsp3) is 0.258. The van der Waals surface area contributed by atoms with Gasteiger partial charge in [-0.3, -0.25) is 9.78 Å². The van der Waals surface area contributed by atoms with Crippen molar-refractivity contribution >= 4 is 28.2 Å². The van der Waals surface area contributed by atoms with E-state index in [-0.39, 0.29) is 11.3 Å². The number of anilines is 2. The Labute approximate surface area is 228 Å². The van der Waals surface area contributed by atoms with E-state index in [4.69, 9.17) is 14.2 Å². The maximum Gasteiger partial charge on any atom is 0.251 e. The summed E-state index contributed by atoms with van der Waals surface area (Å²) in [5.74, 6) is 2.29. The van der Waals surface area contributed by atoms with Crippen LogP contribution in [0, 0.1) is 23.7 Å². The minimum absolute atomic E-state index is 0.0122. The van der Waals surface area contributed by atoms with Gasteiger partial charge >= 0.3 is 0 Å². The van der Waals surface area contributed by atoms with Crippen molar-refractivity contribution in [2.45, 2.75) is 27.7 Å². The van der Waals surface area contributed by atoms with E-state index in [9.17, 15) is 10.1 Å². The number of nitrogens with one attached hydrogen (secondary N) is 2. The number of fused-ring (bicyclic) bond motifs is 1. The highest BCUT2D eigenvalue weighted by Crippen LogP contribution is 2.37. The summed E-state index contributed by atoms with van der Waals surface area (Å²) >= 11 is 0. The number of nitrogens with zero attached hydrogens (tertiary/aromatic N) is 2. The van der Waals surface area contributed by atoms with Crippen LogP contribution < -0.4 is 24.8 Å². The minimum Gasteiger partial charge on any atom is -0.493 e. The first-order chi connectivity index (χ1) is 18.6. The third-order valence-electron chi connectivity index (χ3n) is 6.06. The molecule has 3 aromatic carbocycles.